The Bertz CT molecular complexity index is 843. The Morgan fingerprint density at radius 3 is 2.00 bits per heavy atom. The van der Waals surface area contributed by atoms with Gasteiger partial charge in [-0.1, -0.05) is 35.9 Å². The van der Waals surface area contributed by atoms with Gasteiger partial charge in [0.2, 0.25) is 0 Å². The van der Waals surface area contributed by atoms with Gasteiger partial charge >= 0.3 is 0 Å². The van der Waals surface area contributed by atoms with Crippen molar-refractivity contribution in [2.75, 3.05) is 5.32 Å². The van der Waals surface area contributed by atoms with Crippen molar-refractivity contribution in [3.8, 4) is 17.2 Å². The summed E-state index contributed by atoms with van der Waals surface area (Å²) in [5.74, 6) is 1.94. The number of ether oxygens (including phenoxy) is 2. The average molecular weight is 347 g/mol. The van der Waals surface area contributed by atoms with Crippen LogP contribution in [0, 0.1) is 6.92 Å². The molecule has 4 nitrogen and oxygen atoms in total. The fraction of sp³-hybridized carbons (Fsp3) is 0.136. The van der Waals surface area contributed by atoms with Crippen molar-refractivity contribution in [3.05, 3.63) is 84.4 Å². The Morgan fingerprint density at radius 1 is 0.808 bits per heavy atom. The van der Waals surface area contributed by atoms with E-state index in [1.165, 1.54) is 5.56 Å². The predicted octanol–water partition coefficient (Wildman–Crippen LogP) is 5.19. The summed E-state index contributed by atoms with van der Waals surface area (Å²) in [4.78, 5) is 12.3. The largest absolute Gasteiger partial charge is 0.481 e. The third kappa shape index (κ3) is 4.86. The van der Waals surface area contributed by atoms with Gasteiger partial charge in [0.05, 0.1) is 0 Å². The van der Waals surface area contributed by atoms with Crippen LogP contribution in [0.2, 0.25) is 0 Å². The highest BCUT2D eigenvalue weighted by Crippen LogP contribution is 2.23. The quantitative estimate of drug-likeness (QED) is 0.667. The van der Waals surface area contributed by atoms with Crippen LogP contribution in [0.3, 0.4) is 0 Å². The number of carbonyl (C=O) groups is 1. The second-order valence-corrected chi connectivity index (χ2v) is 6.00. The zero-order chi connectivity index (χ0) is 18.4. The molecule has 1 atom stereocenters. The Balaban J connectivity index is 1.56. The molecule has 0 aliphatic heterocycles. The van der Waals surface area contributed by atoms with E-state index in [1.807, 2.05) is 73.7 Å². The first kappa shape index (κ1) is 17.5. The Hall–Kier alpha value is -3.27. The van der Waals surface area contributed by atoms with Gasteiger partial charge in [-0.2, -0.15) is 0 Å². The maximum Gasteiger partial charge on any atom is 0.265 e. The minimum Gasteiger partial charge on any atom is -0.481 e. The Labute approximate surface area is 153 Å². The molecule has 0 spiro atoms. The van der Waals surface area contributed by atoms with Gasteiger partial charge in [-0.3, -0.25) is 4.79 Å². The van der Waals surface area contributed by atoms with Gasteiger partial charge in [-0.15, -0.1) is 0 Å². The van der Waals surface area contributed by atoms with Crippen molar-refractivity contribution < 1.29 is 14.3 Å². The van der Waals surface area contributed by atoms with Gasteiger partial charge in [0.1, 0.15) is 17.2 Å². The summed E-state index contributed by atoms with van der Waals surface area (Å²) in [7, 11) is 0. The monoisotopic (exact) mass is 347 g/mol. The fourth-order valence-electron chi connectivity index (χ4n) is 2.35. The lowest BCUT2D eigenvalue weighted by Gasteiger charge is -2.15. The molecule has 3 rings (SSSR count). The van der Waals surface area contributed by atoms with Crippen molar-refractivity contribution in [2.24, 2.45) is 0 Å². The third-order valence-corrected chi connectivity index (χ3v) is 3.80. The molecule has 0 aromatic heterocycles. The molecular formula is C22H21NO3. The van der Waals surface area contributed by atoms with Crippen LogP contribution in [0.4, 0.5) is 5.69 Å². The lowest BCUT2D eigenvalue weighted by atomic mass is 10.2. The standard InChI is InChI=1S/C22H21NO3/c1-16-8-12-20(13-9-16)26-21-14-10-18(11-15-21)23-22(24)17(2)25-19-6-4-3-5-7-19/h3-15,17H,1-2H3,(H,23,24)/t17-/m1/s1. The van der Waals surface area contributed by atoms with Gasteiger partial charge < -0.3 is 14.8 Å². The van der Waals surface area contributed by atoms with Crippen LogP contribution in [-0.4, -0.2) is 12.0 Å². The minimum atomic E-state index is -0.596. The van der Waals surface area contributed by atoms with Crippen molar-refractivity contribution in [2.45, 2.75) is 20.0 Å². The Kier molecular flexibility index (Phi) is 5.54. The van der Waals surface area contributed by atoms with Crippen LogP contribution < -0.4 is 14.8 Å². The minimum absolute atomic E-state index is 0.207. The highest BCUT2D eigenvalue weighted by Gasteiger charge is 2.14. The third-order valence-electron chi connectivity index (χ3n) is 3.80. The maximum absolute atomic E-state index is 12.3. The van der Waals surface area contributed by atoms with E-state index in [0.717, 1.165) is 5.75 Å². The summed E-state index contributed by atoms with van der Waals surface area (Å²) in [6.07, 6.45) is -0.596. The van der Waals surface area contributed by atoms with Crippen LogP contribution in [-0.2, 0) is 4.79 Å². The van der Waals surface area contributed by atoms with E-state index in [0.29, 0.717) is 17.2 Å². The first-order valence-corrected chi connectivity index (χ1v) is 8.47. The molecule has 1 amide bonds. The second-order valence-electron chi connectivity index (χ2n) is 6.00. The zero-order valence-electron chi connectivity index (χ0n) is 14.8. The highest BCUT2D eigenvalue weighted by molar-refractivity contribution is 5.94. The van der Waals surface area contributed by atoms with Crippen LogP contribution in [0.1, 0.15) is 12.5 Å². The Morgan fingerprint density at radius 2 is 1.38 bits per heavy atom. The van der Waals surface area contributed by atoms with E-state index in [2.05, 4.69) is 5.32 Å². The normalized spacial score (nSPS) is 11.5. The molecule has 0 saturated heterocycles. The summed E-state index contributed by atoms with van der Waals surface area (Å²) in [5, 5.41) is 2.84. The van der Waals surface area contributed by atoms with Gasteiger partial charge in [-0.05, 0) is 62.4 Å². The van der Waals surface area contributed by atoms with Crippen LogP contribution in [0.25, 0.3) is 0 Å². The number of benzene rings is 3. The predicted molar refractivity (Wildman–Crippen MR) is 103 cm³/mol. The van der Waals surface area contributed by atoms with Gasteiger partial charge in [0.15, 0.2) is 6.10 Å². The molecule has 0 aliphatic rings. The summed E-state index contributed by atoms with van der Waals surface area (Å²) in [5.41, 5.74) is 1.87. The SMILES string of the molecule is Cc1ccc(Oc2ccc(NC(=O)[C@@H](C)Oc3ccccc3)cc2)cc1. The first-order chi connectivity index (χ1) is 12.6. The summed E-state index contributed by atoms with van der Waals surface area (Å²) in [6.45, 7) is 3.75. The molecule has 0 bridgehead atoms. The van der Waals surface area contributed by atoms with Gasteiger partial charge in [0, 0.05) is 5.69 Å². The van der Waals surface area contributed by atoms with Crippen molar-refractivity contribution >= 4 is 11.6 Å². The first-order valence-electron chi connectivity index (χ1n) is 8.47. The molecule has 0 heterocycles. The van der Waals surface area contributed by atoms with Crippen molar-refractivity contribution in [1.82, 2.24) is 0 Å². The van der Waals surface area contributed by atoms with Crippen LogP contribution in [0.5, 0.6) is 17.2 Å². The average Bonchev–Trinajstić information content (AvgIpc) is 2.66. The van der Waals surface area contributed by atoms with E-state index in [1.54, 1.807) is 19.1 Å². The van der Waals surface area contributed by atoms with Crippen LogP contribution in [0.15, 0.2) is 78.9 Å². The highest BCUT2D eigenvalue weighted by atomic mass is 16.5. The molecule has 0 aliphatic carbocycles. The topological polar surface area (TPSA) is 47.6 Å². The number of hydrogen-bond donors (Lipinski definition) is 1. The van der Waals surface area contributed by atoms with E-state index >= 15 is 0 Å². The van der Waals surface area contributed by atoms with E-state index in [9.17, 15) is 4.79 Å². The summed E-state index contributed by atoms with van der Waals surface area (Å²) < 4.78 is 11.4. The smallest absolute Gasteiger partial charge is 0.265 e. The number of amides is 1. The molecule has 3 aromatic rings. The molecule has 4 heteroatoms. The molecule has 1 N–H and O–H groups in total. The molecule has 3 aromatic carbocycles. The number of carbonyl (C=O) groups excluding carboxylic acids is 1. The molecule has 132 valence electrons. The van der Waals surface area contributed by atoms with E-state index in [4.69, 9.17) is 9.47 Å². The lowest BCUT2D eigenvalue weighted by molar-refractivity contribution is -0.122. The molecular weight excluding hydrogens is 326 g/mol. The van der Waals surface area contributed by atoms with Crippen molar-refractivity contribution in [1.29, 1.82) is 0 Å². The van der Waals surface area contributed by atoms with Gasteiger partial charge in [0.25, 0.3) is 5.91 Å². The summed E-state index contributed by atoms with van der Waals surface area (Å²) in [6, 6.07) is 24.4. The van der Waals surface area contributed by atoms with Crippen molar-refractivity contribution in [3.63, 3.8) is 0 Å². The second kappa shape index (κ2) is 8.21. The maximum atomic E-state index is 12.3. The number of anilines is 1. The molecule has 0 saturated carbocycles. The number of rotatable bonds is 6. The molecule has 0 unspecified atom stereocenters. The van der Waals surface area contributed by atoms with Crippen LogP contribution >= 0.6 is 0 Å². The fourth-order valence-corrected chi connectivity index (χ4v) is 2.35. The number of nitrogens with one attached hydrogen (secondary N) is 1. The molecule has 26 heavy (non-hydrogen) atoms. The lowest BCUT2D eigenvalue weighted by Crippen LogP contribution is -2.30. The zero-order valence-corrected chi connectivity index (χ0v) is 14.8. The number of para-hydroxylation sites is 1. The molecule has 0 fully saturated rings. The summed E-state index contributed by atoms with van der Waals surface area (Å²) >= 11 is 0. The van der Waals surface area contributed by atoms with E-state index < -0.39 is 6.10 Å². The number of hydrogen-bond acceptors (Lipinski definition) is 3. The number of aryl methyl sites for hydroxylation is 1. The van der Waals surface area contributed by atoms with E-state index in [-0.39, 0.29) is 5.91 Å². The molecule has 0 radical (unpaired) electrons. The van der Waals surface area contributed by atoms with Gasteiger partial charge in [-0.25, -0.2) is 0 Å².